The van der Waals surface area contributed by atoms with Gasteiger partial charge in [-0.1, -0.05) is 78.9 Å². The highest BCUT2D eigenvalue weighted by Gasteiger charge is 2.89. The molecule has 2 heteroatoms. The van der Waals surface area contributed by atoms with Gasteiger partial charge in [-0.2, -0.15) is 0 Å². The van der Waals surface area contributed by atoms with E-state index >= 15 is 0 Å². The Labute approximate surface area is 263 Å². The van der Waals surface area contributed by atoms with Crippen LogP contribution in [0.1, 0.15) is 63.8 Å². The van der Waals surface area contributed by atoms with Crippen LogP contribution in [0.15, 0.2) is 72.8 Å². The number of ether oxygens (including phenoxy) is 1. The van der Waals surface area contributed by atoms with Gasteiger partial charge < -0.3 is 4.74 Å². The lowest BCUT2D eigenvalue weighted by Crippen LogP contribution is -2.25. The normalized spacial score (nSPS) is 26.4. The Morgan fingerprint density at radius 1 is 0.739 bits per heavy atom. The number of carbonyl (C=O) groups is 1. The summed E-state index contributed by atoms with van der Waals surface area (Å²) in [5, 5.41) is 18.2. The Kier molecular flexibility index (Phi) is 3.11. The SMILES string of the molecule is COC(=O)CCC[C@]1(c2ccccc2)C23c4c5cc6c7c4c4c2c2c8c(cc9ccc%10cc(c7c7c%10c9c8c47)C6)CC2=C[C@@]31C=C5. The first-order valence-corrected chi connectivity index (χ1v) is 17.0. The summed E-state index contributed by atoms with van der Waals surface area (Å²) < 4.78 is 5.17. The topological polar surface area (TPSA) is 26.3 Å². The van der Waals surface area contributed by atoms with Gasteiger partial charge in [0.15, 0.2) is 0 Å². The molecular weight excluding hydrogens is 560 g/mol. The fourth-order valence-electron chi connectivity index (χ4n) is 13.1. The minimum Gasteiger partial charge on any atom is -0.469 e. The molecule has 0 bridgehead atoms. The van der Waals surface area contributed by atoms with Gasteiger partial charge >= 0.3 is 5.97 Å². The summed E-state index contributed by atoms with van der Waals surface area (Å²) in [7, 11) is 1.52. The molecule has 0 N–H and O–H groups in total. The molecule has 0 aliphatic heterocycles. The average molecular weight is 587 g/mol. The fourth-order valence-corrected chi connectivity index (χ4v) is 13.1. The van der Waals surface area contributed by atoms with E-state index in [0.29, 0.717) is 6.42 Å². The zero-order chi connectivity index (χ0) is 29.6. The van der Waals surface area contributed by atoms with Gasteiger partial charge in [0.2, 0.25) is 0 Å². The van der Waals surface area contributed by atoms with Crippen molar-refractivity contribution >= 4 is 82.3 Å². The van der Waals surface area contributed by atoms with Crippen LogP contribution in [-0.4, -0.2) is 13.1 Å². The van der Waals surface area contributed by atoms with E-state index in [4.69, 9.17) is 4.74 Å². The number of hydrogen-bond acceptors (Lipinski definition) is 2. The molecule has 0 amide bonds. The number of allylic oxidation sites excluding steroid dienone is 3. The highest BCUT2D eigenvalue weighted by molar-refractivity contribution is 6.52. The van der Waals surface area contributed by atoms with Crippen molar-refractivity contribution in [2.75, 3.05) is 7.11 Å². The largest absolute Gasteiger partial charge is 0.469 e. The predicted molar refractivity (Wildman–Crippen MR) is 186 cm³/mol. The van der Waals surface area contributed by atoms with Gasteiger partial charge in [0.05, 0.1) is 7.11 Å². The lowest BCUT2D eigenvalue weighted by atomic mass is 9.70. The molecule has 1 saturated carbocycles. The molecule has 6 aliphatic carbocycles. The summed E-state index contributed by atoms with van der Waals surface area (Å²) in [6.45, 7) is 0. The Hall–Kier alpha value is -4.95. The van der Waals surface area contributed by atoms with Crippen molar-refractivity contribution in [3.63, 3.8) is 0 Å². The lowest BCUT2D eigenvalue weighted by molar-refractivity contribution is -0.140. The van der Waals surface area contributed by atoms with Crippen LogP contribution in [0.5, 0.6) is 0 Å². The van der Waals surface area contributed by atoms with Crippen LogP contribution in [-0.2, 0) is 33.2 Å². The molecule has 6 aliphatic rings. The molecule has 1 fully saturated rings. The summed E-state index contributed by atoms with van der Waals surface area (Å²) in [6, 6.07) is 23.8. The molecule has 214 valence electrons. The number of methoxy groups -OCH3 is 1. The van der Waals surface area contributed by atoms with E-state index in [0.717, 1.165) is 25.7 Å². The first-order valence-electron chi connectivity index (χ1n) is 17.0. The minimum atomic E-state index is -0.181. The van der Waals surface area contributed by atoms with Crippen LogP contribution in [0.3, 0.4) is 0 Å². The van der Waals surface area contributed by atoms with E-state index < -0.39 is 0 Å². The minimum absolute atomic E-state index is 0.108. The van der Waals surface area contributed by atoms with Crippen molar-refractivity contribution < 1.29 is 9.53 Å². The Morgan fingerprint density at radius 2 is 1.43 bits per heavy atom. The first-order chi connectivity index (χ1) is 22.6. The van der Waals surface area contributed by atoms with Gasteiger partial charge in [0, 0.05) is 22.7 Å². The number of hydrogen-bond donors (Lipinski definition) is 0. The highest BCUT2D eigenvalue weighted by atomic mass is 16.5. The second-order valence-corrected chi connectivity index (χ2v) is 15.3. The van der Waals surface area contributed by atoms with Gasteiger partial charge in [0.1, 0.15) is 0 Å². The van der Waals surface area contributed by atoms with E-state index in [1.54, 1.807) is 59.8 Å². The van der Waals surface area contributed by atoms with Crippen molar-refractivity contribution in [1.29, 1.82) is 0 Å². The maximum atomic E-state index is 12.6. The molecule has 1 unspecified atom stereocenters. The van der Waals surface area contributed by atoms with Gasteiger partial charge in [-0.25, -0.2) is 0 Å². The molecule has 0 saturated heterocycles. The predicted octanol–water partition coefficient (Wildman–Crippen LogP) is 9.68. The molecule has 46 heavy (non-hydrogen) atoms. The smallest absolute Gasteiger partial charge is 0.305 e. The number of esters is 1. The van der Waals surface area contributed by atoms with Crippen molar-refractivity contribution in [3.8, 4) is 0 Å². The van der Waals surface area contributed by atoms with E-state index in [1.165, 1.54) is 62.0 Å². The zero-order valence-corrected chi connectivity index (χ0v) is 25.4. The van der Waals surface area contributed by atoms with E-state index in [1.807, 2.05) is 0 Å². The highest BCUT2D eigenvalue weighted by Crippen LogP contribution is 2.91. The Balaban J connectivity index is 1.27. The van der Waals surface area contributed by atoms with Gasteiger partial charge in [-0.05, 0) is 140 Å². The van der Waals surface area contributed by atoms with E-state index in [9.17, 15) is 4.79 Å². The molecule has 0 radical (unpaired) electrons. The van der Waals surface area contributed by atoms with Crippen LogP contribution in [0.4, 0.5) is 0 Å². The van der Waals surface area contributed by atoms with Gasteiger partial charge in [-0.15, -0.1) is 0 Å². The zero-order valence-electron chi connectivity index (χ0n) is 25.4. The van der Waals surface area contributed by atoms with E-state index in [2.05, 4.69) is 78.9 Å². The van der Waals surface area contributed by atoms with Crippen LogP contribution in [0, 0.1) is 5.41 Å². The quantitative estimate of drug-likeness (QED) is 0.148. The average Bonchev–Trinajstić information content (AvgIpc) is 3.58. The molecule has 2 nitrogen and oxygen atoms in total. The van der Waals surface area contributed by atoms with Crippen molar-refractivity contribution in [1.82, 2.24) is 0 Å². The second kappa shape index (κ2) is 6.35. The number of carbonyl (C=O) groups excluding carboxylic acids is 1. The van der Waals surface area contributed by atoms with Crippen molar-refractivity contribution in [2.45, 2.75) is 42.9 Å². The summed E-state index contributed by atoms with van der Waals surface area (Å²) in [5.41, 5.74) is 13.1. The molecule has 1 spiro atoms. The fraction of sp³-hybridized carbons (Fsp3) is 0.205. The monoisotopic (exact) mass is 586 g/mol. The summed E-state index contributed by atoms with van der Waals surface area (Å²) in [5.74, 6) is -0.108. The standard InChI is InChI=1S/C44H26O2/c1-46-28(45)8-5-12-43(27-6-3-2-4-7-27)42-13-11-22-16-25-17-23-14-20-9-10-21-15-24-18-26(19-42)34-33(24)36-30(21)29(20)35-31(23)32(25)38-39(37(35)36)41(34)44(42,43)40(22)38/h2-4,6-7,9-11,13-16,19H,5,8,12,17-18H2,1H3/t42-,43-,44?/m1/s1. The van der Waals surface area contributed by atoms with Crippen LogP contribution < -0.4 is 0 Å². The third-order valence-electron chi connectivity index (χ3n) is 14.1. The molecule has 3 atom stereocenters. The Morgan fingerprint density at radius 3 is 2.24 bits per heavy atom. The van der Waals surface area contributed by atoms with Crippen LogP contribution in [0.2, 0.25) is 0 Å². The second-order valence-electron chi connectivity index (χ2n) is 15.3. The molecule has 0 heterocycles. The number of benzene rings is 7. The van der Waals surface area contributed by atoms with E-state index in [-0.39, 0.29) is 22.2 Å². The third kappa shape index (κ3) is 1.76. The van der Waals surface area contributed by atoms with Crippen molar-refractivity contribution in [2.24, 2.45) is 5.41 Å². The van der Waals surface area contributed by atoms with Crippen LogP contribution in [0.25, 0.3) is 76.3 Å². The summed E-state index contributed by atoms with van der Waals surface area (Å²) >= 11 is 0. The summed E-state index contributed by atoms with van der Waals surface area (Å²) in [4.78, 5) is 12.6. The van der Waals surface area contributed by atoms with Gasteiger partial charge in [-0.3, -0.25) is 4.79 Å². The number of rotatable bonds is 5. The third-order valence-corrected chi connectivity index (χ3v) is 14.1. The maximum absolute atomic E-state index is 12.6. The molecule has 0 aromatic heterocycles. The molecule has 8 aromatic rings. The molecular formula is C44H26O2. The first kappa shape index (κ1) is 22.5. The van der Waals surface area contributed by atoms with Crippen LogP contribution >= 0.6 is 0 Å². The Bertz CT molecular complexity index is 2940. The van der Waals surface area contributed by atoms with Gasteiger partial charge in [0.25, 0.3) is 0 Å². The molecule has 14 rings (SSSR count). The summed E-state index contributed by atoms with van der Waals surface area (Å²) in [6.07, 6.45) is 12.1. The lowest BCUT2D eigenvalue weighted by Gasteiger charge is -2.31. The maximum Gasteiger partial charge on any atom is 0.305 e. The molecule has 8 aromatic carbocycles. The van der Waals surface area contributed by atoms with Crippen molar-refractivity contribution in [3.05, 3.63) is 117 Å².